The van der Waals surface area contributed by atoms with Gasteiger partial charge in [-0.2, -0.15) is 0 Å². The number of rotatable bonds is 18. The summed E-state index contributed by atoms with van der Waals surface area (Å²) in [6.07, 6.45) is 20.8. The monoisotopic (exact) mass is 456 g/mol. The number of aliphatic hydroxyl groups excluding tert-OH is 1. The molecule has 2 heteroatoms. The van der Waals surface area contributed by atoms with Crippen molar-refractivity contribution in [2.24, 2.45) is 5.41 Å². The molecule has 0 heterocycles. The molecule has 33 heavy (non-hydrogen) atoms. The van der Waals surface area contributed by atoms with Gasteiger partial charge in [0.25, 0.3) is 0 Å². The molecule has 1 N–H and O–H groups in total. The van der Waals surface area contributed by atoms with Gasteiger partial charge in [0.05, 0.1) is 12.7 Å². The Balaban J connectivity index is 1.32. The molecule has 0 bridgehead atoms. The Morgan fingerprint density at radius 2 is 1.30 bits per heavy atom. The lowest BCUT2D eigenvalue weighted by Gasteiger charge is -2.37. The summed E-state index contributed by atoms with van der Waals surface area (Å²) in [5.74, 6) is 0. The molecule has 2 nitrogen and oxygen atoms in total. The number of hydrogen-bond donors (Lipinski definition) is 1. The first-order valence-electron chi connectivity index (χ1n) is 14.0. The van der Waals surface area contributed by atoms with Gasteiger partial charge in [-0.05, 0) is 55.6 Å². The Labute approximate surface area is 205 Å². The maximum atomic E-state index is 10.2. The first-order valence-corrected chi connectivity index (χ1v) is 14.0. The molecule has 1 aliphatic carbocycles. The minimum atomic E-state index is -0.188. The molecular weight excluding hydrogens is 404 g/mol. The first-order chi connectivity index (χ1) is 16.0. The van der Waals surface area contributed by atoms with Crippen LogP contribution in [0.3, 0.4) is 0 Å². The van der Waals surface area contributed by atoms with Gasteiger partial charge < -0.3 is 9.84 Å². The Hall–Kier alpha value is -1.12. The average molecular weight is 457 g/mol. The van der Waals surface area contributed by atoms with Crippen molar-refractivity contribution in [3.8, 4) is 0 Å². The van der Waals surface area contributed by atoms with E-state index in [-0.39, 0.29) is 6.10 Å². The highest BCUT2D eigenvalue weighted by atomic mass is 16.5. The largest absolute Gasteiger partial charge is 0.389 e. The van der Waals surface area contributed by atoms with E-state index in [0.29, 0.717) is 5.41 Å². The second kappa shape index (κ2) is 16.5. The average Bonchev–Trinajstić information content (AvgIpc) is 2.81. The van der Waals surface area contributed by atoms with Crippen molar-refractivity contribution in [2.75, 3.05) is 6.61 Å². The van der Waals surface area contributed by atoms with E-state index >= 15 is 0 Å². The molecule has 188 valence electrons. The van der Waals surface area contributed by atoms with Crippen LogP contribution >= 0.6 is 0 Å². The van der Waals surface area contributed by atoms with Crippen molar-refractivity contribution in [3.05, 3.63) is 47.0 Å². The SMILES string of the molecule is CC1=C(CCCCCCCCCCCCCCCOCc2ccccc2)C(C)(C)CCC1O. The van der Waals surface area contributed by atoms with Gasteiger partial charge >= 0.3 is 0 Å². The van der Waals surface area contributed by atoms with Crippen LogP contribution in [-0.4, -0.2) is 17.8 Å². The van der Waals surface area contributed by atoms with E-state index in [1.54, 1.807) is 5.57 Å². The van der Waals surface area contributed by atoms with E-state index in [1.807, 2.05) is 0 Å². The molecule has 1 unspecified atom stereocenters. The molecule has 1 atom stereocenters. The second-order valence-electron chi connectivity index (χ2n) is 11.0. The maximum absolute atomic E-state index is 10.2. The lowest BCUT2D eigenvalue weighted by Crippen LogP contribution is -2.28. The fourth-order valence-corrected chi connectivity index (χ4v) is 5.35. The zero-order valence-corrected chi connectivity index (χ0v) is 22.0. The van der Waals surface area contributed by atoms with Gasteiger partial charge in [-0.15, -0.1) is 0 Å². The van der Waals surface area contributed by atoms with Crippen molar-refractivity contribution >= 4 is 0 Å². The number of unbranched alkanes of at least 4 members (excludes halogenated alkanes) is 12. The normalized spacial score (nSPS) is 18.1. The third-order valence-corrected chi connectivity index (χ3v) is 7.66. The summed E-state index contributed by atoms with van der Waals surface area (Å²) in [6, 6.07) is 10.5. The lowest BCUT2D eigenvalue weighted by molar-refractivity contribution is 0.116. The second-order valence-corrected chi connectivity index (χ2v) is 11.0. The molecule has 0 saturated carbocycles. The van der Waals surface area contributed by atoms with Crippen molar-refractivity contribution in [1.29, 1.82) is 0 Å². The number of ether oxygens (including phenoxy) is 1. The number of allylic oxidation sites excluding steroid dienone is 1. The zero-order chi connectivity index (χ0) is 23.8. The lowest BCUT2D eigenvalue weighted by atomic mass is 9.70. The number of hydrogen-bond acceptors (Lipinski definition) is 2. The van der Waals surface area contributed by atoms with Crippen LogP contribution in [0.1, 0.15) is 129 Å². The molecular formula is C31H52O2. The van der Waals surface area contributed by atoms with Crippen molar-refractivity contribution < 1.29 is 9.84 Å². The number of aliphatic hydroxyl groups is 1. The van der Waals surface area contributed by atoms with E-state index in [0.717, 1.165) is 26.1 Å². The summed E-state index contributed by atoms with van der Waals surface area (Å²) in [6.45, 7) is 8.52. The predicted octanol–water partition coefficient (Wildman–Crippen LogP) is 9.16. The summed E-state index contributed by atoms with van der Waals surface area (Å²) < 4.78 is 5.76. The van der Waals surface area contributed by atoms with Crippen molar-refractivity contribution in [3.63, 3.8) is 0 Å². The molecule has 0 spiro atoms. The summed E-state index contributed by atoms with van der Waals surface area (Å²) in [5.41, 5.74) is 4.37. The van der Waals surface area contributed by atoms with E-state index in [1.165, 1.54) is 101 Å². The molecule has 0 saturated heterocycles. The first kappa shape index (κ1) is 28.1. The van der Waals surface area contributed by atoms with Crippen molar-refractivity contribution in [1.82, 2.24) is 0 Å². The van der Waals surface area contributed by atoms with Gasteiger partial charge in [0.2, 0.25) is 0 Å². The zero-order valence-electron chi connectivity index (χ0n) is 22.0. The highest BCUT2D eigenvalue weighted by molar-refractivity contribution is 5.25. The molecule has 0 fully saturated rings. The molecule has 1 aliphatic rings. The number of benzene rings is 1. The van der Waals surface area contributed by atoms with Crippen molar-refractivity contribution in [2.45, 2.75) is 136 Å². The molecule has 0 amide bonds. The maximum Gasteiger partial charge on any atom is 0.0750 e. The minimum absolute atomic E-state index is 0.188. The van der Waals surface area contributed by atoms with E-state index in [2.05, 4.69) is 51.1 Å². The van der Waals surface area contributed by atoms with Gasteiger partial charge in [0, 0.05) is 6.61 Å². The van der Waals surface area contributed by atoms with Crippen LogP contribution in [0.15, 0.2) is 41.5 Å². The van der Waals surface area contributed by atoms with Crippen LogP contribution in [0.4, 0.5) is 0 Å². The van der Waals surface area contributed by atoms with Gasteiger partial charge in [-0.3, -0.25) is 0 Å². The molecule has 2 rings (SSSR count). The fraction of sp³-hybridized carbons (Fsp3) is 0.742. The summed E-state index contributed by atoms with van der Waals surface area (Å²) in [4.78, 5) is 0. The smallest absolute Gasteiger partial charge is 0.0750 e. The topological polar surface area (TPSA) is 29.5 Å². The third kappa shape index (κ3) is 11.7. The minimum Gasteiger partial charge on any atom is -0.389 e. The van der Waals surface area contributed by atoms with E-state index in [9.17, 15) is 5.11 Å². The summed E-state index contributed by atoms with van der Waals surface area (Å²) >= 11 is 0. The summed E-state index contributed by atoms with van der Waals surface area (Å²) in [5, 5.41) is 10.2. The Morgan fingerprint density at radius 3 is 1.88 bits per heavy atom. The Bertz CT molecular complexity index is 646. The predicted molar refractivity (Wildman–Crippen MR) is 142 cm³/mol. The quantitative estimate of drug-likeness (QED) is 0.176. The molecule has 0 radical (unpaired) electrons. The van der Waals surface area contributed by atoms with Crippen LogP contribution in [0.2, 0.25) is 0 Å². The van der Waals surface area contributed by atoms with Gasteiger partial charge in [0.1, 0.15) is 0 Å². The summed E-state index contributed by atoms with van der Waals surface area (Å²) in [7, 11) is 0. The third-order valence-electron chi connectivity index (χ3n) is 7.66. The highest BCUT2D eigenvalue weighted by Crippen LogP contribution is 2.42. The highest BCUT2D eigenvalue weighted by Gasteiger charge is 2.31. The van der Waals surface area contributed by atoms with Crippen LogP contribution in [0.25, 0.3) is 0 Å². The molecule has 1 aromatic rings. The van der Waals surface area contributed by atoms with Crippen LogP contribution in [-0.2, 0) is 11.3 Å². The standard InChI is InChI=1S/C31H52O2/c1-27-29(31(2,3)24-23-30(27)32)22-18-13-11-9-7-5-4-6-8-10-12-14-19-25-33-26-28-20-16-15-17-21-28/h15-17,20-21,30,32H,4-14,18-19,22-26H2,1-3H3. The van der Waals surface area contributed by atoms with Crippen LogP contribution in [0, 0.1) is 5.41 Å². The fourth-order valence-electron chi connectivity index (χ4n) is 5.35. The van der Waals surface area contributed by atoms with Crippen LogP contribution in [0.5, 0.6) is 0 Å². The molecule has 1 aromatic carbocycles. The van der Waals surface area contributed by atoms with Gasteiger partial charge in [0.15, 0.2) is 0 Å². The Morgan fingerprint density at radius 1 is 0.788 bits per heavy atom. The van der Waals surface area contributed by atoms with E-state index < -0.39 is 0 Å². The van der Waals surface area contributed by atoms with Gasteiger partial charge in [-0.1, -0.05) is 120 Å². The Kier molecular flexibility index (Phi) is 14.1. The van der Waals surface area contributed by atoms with Crippen LogP contribution < -0.4 is 0 Å². The van der Waals surface area contributed by atoms with Gasteiger partial charge in [-0.25, -0.2) is 0 Å². The molecule has 0 aliphatic heterocycles. The van der Waals surface area contributed by atoms with E-state index in [4.69, 9.17) is 4.74 Å². The molecule has 0 aromatic heterocycles.